The predicted octanol–water partition coefficient (Wildman–Crippen LogP) is 2.74. The van der Waals surface area contributed by atoms with E-state index in [9.17, 15) is 9.59 Å². The number of benzene rings is 2. The molecule has 178 valence electrons. The van der Waals surface area contributed by atoms with Crippen molar-refractivity contribution in [2.75, 3.05) is 13.7 Å². The van der Waals surface area contributed by atoms with Crippen LogP contribution in [-0.2, 0) is 27.3 Å². The van der Waals surface area contributed by atoms with Crippen LogP contribution in [0.15, 0.2) is 59.6 Å². The molecule has 0 spiro atoms. The number of hydrogen-bond donors (Lipinski definition) is 3. The van der Waals surface area contributed by atoms with Crippen molar-refractivity contribution in [2.24, 2.45) is 10.8 Å². The molecule has 0 saturated heterocycles. The fourth-order valence-electron chi connectivity index (χ4n) is 2.88. The zero-order chi connectivity index (χ0) is 24.3. The molecule has 0 heterocycles. The minimum atomic E-state index is -0.669. The smallest absolute Gasteiger partial charge is 0.408 e. The Morgan fingerprint density at radius 2 is 1.70 bits per heavy atom. The highest BCUT2D eigenvalue weighted by Crippen LogP contribution is 2.19. The van der Waals surface area contributed by atoms with Gasteiger partial charge in [0.25, 0.3) is 0 Å². The van der Waals surface area contributed by atoms with Gasteiger partial charge in [-0.3, -0.25) is 9.79 Å². The molecule has 0 aliphatic rings. The Hall–Kier alpha value is -3.59. The Balaban J connectivity index is 2.13. The summed E-state index contributed by atoms with van der Waals surface area (Å²) in [6.07, 6.45) is -0.293. The van der Waals surface area contributed by atoms with Gasteiger partial charge < -0.3 is 25.0 Å². The van der Waals surface area contributed by atoms with Gasteiger partial charge in [0.1, 0.15) is 30.3 Å². The van der Waals surface area contributed by atoms with Gasteiger partial charge in [0.05, 0.1) is 13.2 Å². The fourth-order valence-corrected chi connectivity index (χ4v) is 2.88. The summed E-state index contributed by atoms with van der Waals surface area (Å²) >= 11 is 0. The highest BCUT2D eigenvalue weighted by Gasteiger charge is 2.21. The van der Waals surface area contributed by atoms with Crippen molar-refractivity contribution in [3.8, 4) is 5.75 Å². The van der Waals surface area contributed by atoms with Crippen LogP contribution < -0.4 is 21.3 Å². The number of methoxy groups -OCH3 is 1. The molecule has 0 aromatic heterocycles. The summed E-state index contributed by atoms with van der Waals surface area (Å²) in [5.41, 5.74) is 3.91. The lowest BCUT2D eigenvalue weighted by Crippen LogP contribution is -2.50. The van der Waals surface area contributed by atoms with Crippen LogP contribution in [0.2, 0.25) is 0 Å². The number of rotatable bonds is 9. The van der Waals surface area contributed by atoms with Crippen molar-refractivity contribution < 1.29 is 23.8 Å². The predicted molar refractivity (Wildman–Crippen MR) is 126 cm³/mol. The summed E-state index contributed by atoms with van der Waals surface area (Å²) in [5, 5.41) is 2.76. The van der Waals surface area contributed by atoms with Crippen LogP contribution in [0.4, 0.5) is 4.79 Å². The van der Waals surface area contributed by atoms with E-state index in [2.05, 4.69) is 20.5 Å². The Labute approximate surface area is 194 Å². The Kier molecular flexibility index (Phi) is 9.68. The molecule has 1 unspecified atom stereocenters. The molecule has 0 fully saturated rings. The normalized spacial score (nSPS) is 12.5. The van der Waals surface area contributed by atoms with Gasteiger partial charge in [-0.2, -0.15) is 0 Å². The third-order valence-corrected chi connectivity index (χ3v) is 4.38. The SMILES string of the molecule is COC(=O)CN=C(NN)C(Cc1ccc(OC(C)(C)C)cc1)NC(=O)OCc1ccccc1. The van der Waals surface area contributed by atoms with Crippen molar-refractivity contribution in [3.05, 3.63) is 65.7 Å². The average molecular weight is 457 g/mol. The molecular weight excluding hydrogens is 424 g/mol. The van der Waals surface area contributed by atoms with Crippen LogP contribution >= 0.6 is 0 Å². The molecule has 9 heteroatoms. The van der Waals surface area contributed by atoms with E-state index in [0.29, 0.717) is 6.42 Å². The molecule has 2 aromatic carbocycles. The van der Waals surface area contributed by atoms with Gasteiger partial charge in [-0.25, -0.2) is 10.6 Å². The maximum absolute atomic E-state index is 12.5. The first-order valence-electron chi connectivity index (χ1n) is 10.5. The fraction of sp³-hybridized carbons (Fsp3) is 0.375. The number of esters is 1. The molecule has 2 aromatic rings. The van der Waals surface area contributed by atoms with Crippen LogP contribution in [0.1, 0.15) is 31.9 Å². The number of alkyl carbamates (subject to hydrolysis) is 1. The highest BCUT2D eigenvalue weighted by molar-refractivity contribution is 5.91. The van der Waals surface area contributed by atoms with Gasteiger partial charge in [-0.1, -0.05) is 42.5 Å². The lowest BCUT2D eigenvalue weighted by Gasteiger charge is -2.22. The van der Waals surface area contributed by atoms with Crippen LogP contribution in [0, 0.1) is 0 Å². The number of carbonyl (C=O) groups is 2. The van der Waals surface area contributed by atoms with Crippen LogP contribution in [0.3, 0.4) is 0 Å². The molecule has 0 aliphatic heterocycles. The van der Waals surface area contributed by atoms with Gasteiger partial charge in [0, 0.05) is 6.42 Å². The van der Waals surface area contributed by atoms with Crippen LogP contribution in [0.5, 0.6) is 5.75 Å². The number of nitrogens with zero attached hydrogens (tertiary/aromatic N) is 1. The second-order valence-corrected chi connectivity index (χ2v) is 8.24. The molecule has 2 rings (SSSR count). The molecule has 0 aliphatic carbocycles. The van der Waals surface area contributed by atoms with Gasteiger partial charge in [-0.05, 0) is 44.0 Å². The van der Waals surface area contributed by atoms with Crippen molar-refractivity contribution in [1.29, 1.82) is 0 Å². The average Bonchev–Trinajstić information content (AvgIpc) is 2.78. The molecule has 0 bridgehead atoms. The molecule has 0 radical (unpaired) electrons. The number of hydrogen-bond acceptors (Lipinski definition) is 7. The first kappa shape index (κ1) is 25.7. The molecule has 9 nitrogen and oxygen atoms in total. The van der Waals surface area contributed by atoms with Crippen molar-refractivity contribution in [2.45, 2.75) is 45.4 Å². The minimum absolute atomic E-state index is 0.114. The second-order valence-electron chi connectivity index (χ2n) is 8.24. The van der Waals surface area contributed by atoms with Crippen molar-refractivity contribution in [1.82, 2.24) is 10.7 Å². The molecule has 1 amide bonds. The summed E-state index contributed by atoms with van der Waals surface area (Å²) in [5.74, 6) is 6.06. The first-order chi connectivity index (χ1) is 15.7. The van der Waals surface area contributed by atoms with E-state index in [1.54, 1.807) is 0 Å². The lowest BCUT2D eigenvalue weighted by atomic mass is 10.0. The van der Waals surface area contributed by atoms with E-state index in [0.717, 1.165) is 16.9 Å². The van der Waals surface area contributed by atoms with Gasteiger partial charge in [-0.15, -0.1) is 0 Å². The number of carbonyl (C=O) groups excluding carboxylic acids is 2. The molecule has 1 atom stereocenters. The molecular formula is C24H32N4O5. The maximum Gasteiger partial charge on any atom is 0.408 e. The van der Waals surface area contributed by atoms with E-state index in [-0.39, 0.29) is 24.6 Å². The zero-order valence-electron chi connectivity index (χ0n) is 19.5. The van der Waals surface area contributed by atoms with E-state index < -0.39 is 18.1 Å². The highest BCUT2D eigenvalue weighted by atomic mass is 16.5. The summed E-state index contributed by atoms with van der Waals surface area (Å²) in [7, 11) is 1.27. The number of amides is 1. The van der Waals surface area contributed by atoms with Crippen LogP contribution in [-0.4, -0.2) is 43.2 Å². The second kappa shape index (κ2) is 12.4. The van der Waals surface area contributed by atoms with Gasteiger partial charge in [0.2, 0.25) is 0 Å². The van der Waals surface area contributed by atoms with Gasteiger partial charge >= 0.3 is 12.1 Å². The number of ether oxygens (including phenoxy) is 3. The standard InChI is InChI=1S/C24H32N4O5/c1-24(2,3)33-19-12-10-17(11-13-19)14-20(22(28-25)26-15-21(29)31-4)27-23(30)32-16-18-8-6-5-7-9-18/h5-13,20H,14-16,25H2,1-4H3,(H,26,28)(H,27,30). The number of hydrazine groups is 1. The monoisotopic (exact) mass is 456 g/mol. The van der Waals surface area contributed by atoms with Crippen molar-refractivity contribution in [3.63, 3.8) is 0 Å². The topological polar surface area (TPSA) is 124 Å². The molecule has 4 N–H and O–H groups in total. The number of aliphatic imine (C=N–C) groups is 1. The quantitative estimate of drug-likeness (QED) is 0.174. The van der Waals surface area contributed by atoms with Gasteiger partial charge in [0.15, 0.2) is 0 Å². The summed E-state index contributed by atoms with van der Waals surface area (Å²) in [6.45, 7) is 5.78. The Morgan fingerprint density at radius 1 is 1.03 bits per heavy atom. The number of nitrogens with one attached hydrogen (secondary N) is 2. The summed E-state index contributed by atoms with van der Waals surface area (Å²) < 4.78 is 15.8. The third-order valence-electron chi connectivity index (χ3n) is 4.38. The Morgan fingerprint density at radius 3 is 2.27 bits per heavy atom. The van der Waals surface area contributed by atoms with Crippen LogP contribution in [0.25, 0.3) is 0 Å². The zero-order valence-corrected chi connectivity index (χ0v) is 19.5. The third kappa shape index (κ3) is 9.61. The Bertz CT molecular complexity index is 924. The largest absolute Gasteiger partial charge is 0.488 e. The number of amidine groups is 1. The van der Waals surface area contributed by atoms with E-state index in [4.69, 9.17) is 15.3 Å². The van der Waals surface area contributed by atoms with Crippen molar-refractivity contribution >= 4 is 17.9 Å². The first-order valence-corrected chi connectivity index (χ1v) is 10.5. The lowest BCUT2D eigenvalue weighted by molar-refractivity contribution is -0.138. The summed E-state index contributed by atoms with van der Waals surface area (Å²) in [6, 6.07) is 16.1. The minimum Gasteiger partial charge on any atom is -0.488 e. The molecule has 33 heavy (non-hydrogen) atoms. The molecule has 0 saturated carbocycles. The maximum atomic E-state index is 12.5. The van der Waals surface area contributed by atoms with E-state index in [1.807, 2.05) is 75.4 Å². The van der Waals surface area contributed by atoms with E-state index in [1.165, 1.54) is 7.11 Å². The van der Waals surface area contributed by atoms with E-state index >= 15 is 0 Å². The summed E-state index contributed by atoms with van der Waals surface area (Å²) in [4.78, 5) is 28.2. The number of nitrogens with two attached hydrogens (primary N) is 1.